The summed E-state index contributed by atoms with van der Waals surface area (Å²) in [4.78, 5) is 0. The third kappa shape index (κ3) is 3.54. The van der Waals surface area contributed by atoms with E-state index in [-0.39, 0.29) is 0 Å². The molecule has 0 aliphatic heterocycles. The first kappa shape index (κ1) is 14.3. The Bertz CT molecular complexity index is 536. The molecule has 0 bridgehead atoms. The molecule has 0 saturated heterocycles. The van der Waals surface area contributed by atoms with Crippen molar-refractivity contribution >= 4 is 0 Å². The number of fused-ring (bicyclic) bond motifs is 1. The van der Waals surface area contributed by atoms with Gasteiger partial charge in [0, 0.05) is 6.04 Å². The minimum absolute atomic E-state index is 0.627. The molecule has 21 heavy (non-hydrogen) atoms. The lowest BCUT2D eigenvalue weighted by molar-refractivity contribution is 0.351. The first-order valence-corrected chi connectivity index (χ1v) is 8.21. The van der Waals surface area contributed by atoms with Crippen molar-refractivity contribution in [1.82, 2.24) is 5.32 Å². The SMILES string of the molecule is CCNC(CCc1ccccc1)C1Cc2ccccc2C1. The second kappa shape index (κ2) is 6.91. The fourth-order valence-electron chi connectivity index (χ4n) is 3.61. The van der Waals surface area contributed by atoms with Crippen LogP contribution in [0.15, 0.2) is 54.6 Å². The molecule has 0 aromatic heterocycles. The predicted octanol–water partition coefficient (Wildman–Crippen LogP) is 4.01. The molecular formula is C20H25N. The summed E-state index contributed by atoms with van der Waals surface area (Å²) in [5.74, 6) is 0.756. The van der Waals surface area contributed by atoms with Gasteiger partial charge >= 0.3 is 0 Å². The highest BCUT2D eigenvalue weighted by atomic mass is 14.9. The van der Waals surface area contributed by atoms with Crippen molar-refractivity contribution in [3.05, 3.63) is 71.3 Å². The first-order chi connectivity index (χ1) is 10.4. The van der Waals surface area contributed by atoms with E-state index in [1.165, 1.54) is 31.2 Å². The Hall–Kier alpha value is -1.60. The van der Waals surface area contributed by atoms with E-state index in [2.05, 4.69) is 66.8 Å². The lowest BCUT2D eigenvalue weighted by Gasteiger charge is -2.24. The zero-order valence-corrected chi connectivity index (χ0v) is 12.9. The Kier molecular flexibility index (Phi) is 4.72. The summed E-state index contributed by atoms with van der Waals surface area (Å²) in [6.07, 6.45) is 4.88. The lowest BCUT2D eigenvalue weighted by Crippen LogP contribution is -2.37. The maximum Gasteiger partial charge on any atom is 0.0105 e. The van der Waals surface area contributed by atoms with E-state index in [1.807, 2.05) is 0 Å². The van der Waals surface area contributed by atoms with Gasteiger partial charge in [-0.05, 0) is 54.8 Å². The van der Waals surface area contributed by atoms with E-state index in [4.69, 9.17) is 0 Å². The van der Waals surface area contributed by atoms with Gasteiger partial charge in [-0.15, -0.1) is 0 Å². The summed E-state index contributed by atoms with van der Waals surface area (Å²) >= 11 is 0. The van der Waals surface area contributed by atoms with Crippen LogP contribution >= 0.6 is 0 Å². The molecule has 1 heteroatoms. The van der Waals surface area contributed by atoms with Crippen molar-refractivity contribution in [3.63, 3.8) is 0 Å². The highest BCUT2D eigenvalue weighted by Crippen LogP contribution is 2.30. The molecule has 110 valence electrons. The molecule has 0 spiro atoms. The molecular weight excluding hydrogens is 254 g/mol. The van der Waals surface area contributed by atoms with E-state index in [9.17, 15) is 0 Å². The van der Waals surface area contributed by atoms with Crippen molar-refractivity contribution in [2.24, 2.45) is 5.92 Å². The Balaban J connectivity index is 1.63. The van der Waals surface area contributed by atoms with Crippen LogP contribution in [0.2, 0.25) is 0 Å². The molecule has 1 aliphatic carbocycles. The molecule has 3 rings (SSSR count). The highest BCUT2D eigenvalue weighted by molar-refractivity contribution is 5.32. The maximum absolute atomic E-state index is 3.73. The van der Waals surface area contributed by atoms with Crippen LogP contribution in [0.25, 0.3) is 0 Å². The minimum atomic E-state index is 0.627. The maximum atomic E-state index is 3.73. The van der Waals surface area contributed by atoms with Gasteiger partial charge in [-0.1, -0.05) is 61.5 Å². The van der Waals surface area contributed by atoms with E-state index < -0.39 is 0 Å². The Morgan fingerprint density at radius 3 is 2.19 bits per heavy atom. The number of aryl methyl sites for hydroxylation is 1. The van der Waals surface area contributed by atoms with Gasteiger partial charge in [-0.2, -0.15) is 0 Å². The van der Waals surface area contributed by atoms with Crippen LogP contribution in [-0.4, -0.2) is 12.6 Å². The fourth-order valence-corrected chi connectivity index (χ4v) is 3.61. The van der Waals surface area contributed by atoms with Gasteiger partial charge in [0.25, 0.3) is 0 Å². The lowest BCUT2D eigenvalue weighted by atomic mass is 9.91. The molecule has 2 aromatic rings. The average Bonchev–Trinajstić information content (AvgIpc) is 2.96. The second-order valence-electron chi connectivity index (χ2n) is 6.13. The van der Waals surface area contributed by atoms with Crippen molar-refractivity contribution < 1.29 is 0 Å². The first-order valence-electron chi connectivity index (χ1n) is 8.21. The summed E-state index contributed by atoms with van der Waals surface area (Å²) in [5, 5.41) is 3.73. The zero-order valence-electron chi connectivity index (χ0n) is 12.9. The van der Waals surface area contributed by atoms with Crippen LogP contribution in [0, 0.1) is 5.92 Å². The normalized spacial score (nSPS) is 15.9. The largest absolute Gasteiger partial charge is 0.314 e. The van der Waals surface area contributed by atoms with Gasteiger partial charge in [0.05, 0.1) is 0 Å². The fraction of sp³-hybridized carbons (Fsp3) is 0.400. The monoisotopic (exact) mass is 279 g/mol. The van der Waals surface area contributed by atoms with Crippen LogP contribution < -0.4 is 5.32 Å². The average molecular weight is 279 g/mol. The summed E-state index contributed by atoms with van der Waals surface area (Å²) in [5.41, 5.74) is 4.58. The molecule has 1 unspecified atom stereocenters. The summed E-state index contributed by atoms with van der Waals surface area (Å²) in [6, 6.07) is 20.4. The molecule has 1 atom stereocenters. The van der Waals surface area contributed by atoms with Crippen molar-refractivity contribution in [2.75, 3.05) is 6.54 Å². The van der Waals surface area contributed by atoms with Crippen molar-refractivity contribution in [1.29, 1.82) is 0 Å². The van der Waals surface area contributed by atoms with Crippen LogP contribution in [0.4, 0.5) is 0 Å². The van der Waals surface area contributed by atoms with E-state index >= 15 is 0 Å². The van der Waals surface area contributed by atoms with Gasteiger partial charge in [-0.3, -0.25) is 0 Å². The quantitative estimate of drug-likeness (QED) is 0.842. The highest BCUT2D eigenvalue weighted by Gasteiger charge is 2.27. The van der Waals surface area contributed by atoms with Crippen LogP contribution in [0.3, 0.4) is 0 Å². The molecule has 0 fully saturated rings. The molecule has 0 amide bonds. The molecule has 1 N–H and O–H groups in total. The molecule has 2 aromatic carbocycles. The molecule has 0 saturated carbocycles. The van der Waals surface area contributed by atoms with E-state index in [1.54, 1.807) is 11.1 Å². The van der Waals surface area contributed by atoms with Gasteiger partial charge in [0.1, 0.15) is 0 Å². The summed E-state index contributed by atoms with van der Waals surface area (Å²) < 4.78 is 0. The Labute approximate surface area is 128 Å². The predicted molar refractivity (Wildman–Crippen MR) is 89.6 cm³/mol. The summed E-state index contributed by atoms with van der Waals surface area (Å²) in [6.45, 7) is 3.28. The van der Waals surface area contributed by atoms with Gasteiger partial charge in [-0.25, -0.2) is 0 Å². The topological polar surface area (TPSA) is 12.0 Å². The molecule has 1 nitrogen and oxygen atoms in total. The summed E-state index contributed by atoms with van der Waals surface area (Å²) in [7, 11) is 0. The van der Waals surface area contributed by atoms with Crippen LogP contribution in [0.1, 0.15) is 30.0 Å². The molecule has 1 aliphatic rings. The van der Waals surface area contributed by atoms with E-state index in [0.717, 1.165) is 12.5 Å². The third-order valence-corrected chi connectivity index (χ3v) is 4.70. The van der Waals surface area contributed by atoms with Crippen molar-refractivity contribution in [3.8, 4) is 0 Å². The second-order valence-corrected chi connectivity index (χ2v) is 6.13. The number of rotatable bonds is 6. The Morgan fingerprint density at radius 2 is 1.57 bits per heavy atom. The standard InChI is InChI=1S/C20H25N/c1-2-21-20(13-12-16-8-4-3-5-9-16)19-14-17-10-6-7-11-18(17)15-19/h3-11,19-21H,2,12-15H2,1H3. The van der Waals surface area contributed by atoms with E-state index in [0.29, 0.717) is 6.04 Å². The Morgan fingerprint density at radius 1 is 0.952 bits per heavy atom. The van der Waals surface area contributed by atoms with Gasteiger partial charge in [0.15, 0.2) is 0 Å². The zero-order chi connectivity index (χ0) is 14.5. The molecule has 0 heterocycles. The van der Waals surface area contributed by atoms with Crippen LogP contribution in [0.5, 0.6) is 0 Å². The van der Waals surface area contributed by atoms with Gasteiger partial charge in [0.2, 0.25) is 0 Å². The van der Waals surface area contributed by atoms with Gasteiger partial charge < -0.3 is 5.32 Å². The molecule has 0 radical (unpaired) electrons. The minimum Gasteiger partial charge on any atom is -0.314 e. The number of hydrogen-bond acceptors (Lipinski definition) is 1. The van der Waals surface area contributed by atoms with Crippen LogP contribution in [-0.2, 0) is 19.3 Å². The third-order valence-electron chi connectivity index (χ3n) is 4.70. The van der Waals surface area contributed by atoms with Crippen molar-refractivity contribution in [2.45, 2.75) is 38.6 Å². The smallest absolute Gasteiger partial charge is 0.0105 e. The number of hydrogen-bond donors (Lipinski definition) is 1. The number of benzene rings is 2. The number of nitrogens with one attached hydrogen (secondary N) is 1.